The summed E-state index contributed by atoms with van der Waals surface area (Å²) in [5.41, 5.74) is 2.86. The van der Waals surface area contributed by atoms with Crippen LogP contribution in [0.3, 0.4) is 0 Å². The number of aromatic hydroxyl groups is 2. The molecule has 0 amide bonds. The molecule has 182 valence electrons. The highest BCUT2D eigenvalue weighted by Crippen LogP contribution is 2.23. The molecule has 0 radical (unpaired) electrons. The van der Waals surface area contributed by atoms with Gasteiger partial charge in [0.05, 0.1) is 11.1 Å². The van der Waals surface area contributed by atoms with E-state index >= 15 is 0 Å². The van der Waals surface area contributed by atoms with Gasteiger partial charge in [-0.3, -0.25) is 9.59 Å². The molecule has 0 aliphatic rings. The van der Waals surface area contributed by atoms with Crippen molar-refractivity contribution in [1.29, 1.82) is 0 Å². The van der Waals surface area contributed by atoms with Crippen molar-refractivity contribution >= 4 is 43.4 Å². The van der Waals surface area contributed by atoms with Crippen molar-refractivity contribution < 1.29 is 28.9 Å². The fourth-order valence-corrected chi connectivity index (χ4v) is 4.50. The van der Waals surface area contributed by atoms with E-state index in [9.17, 15) is 19.8 Å². The van der Waals surface area contributed by atoms with Crippen molar-refractivity contribution in [2.24, 2.45) is 0 Å². The molecular formula is C28H24Br2N2O4+2. The van der Waals surface area contributed by atoms with Gasteiger partial charge >= 0.3 is 0 Å². The maximum Gasteiger partial charge on any atom is 0.231 e. The molecule has 0 unspecified atom stereocenters. The Bertz CT molecular complexity index is 1300. The van der Waals surface area contributed by atoms with E-state index in [0.717, 1.165) is 32.9 Å². The van der Waals surface area contributed by atoms with Gasteiger partial charge in [-0.1, -0.05) is 31.9 Å². The van der Waals surface area contributed by atoms with E-state index < -0.39 is 0 Å². The summed E-state index contributed by atoms with van der Waals surface area (Å²) in [6.07, 6.45) is 9.12. The van der Waals surface area contributed by atoms with Crippen LogP contribution in [-0.2, 0) is 25.9 Å². The molecule has 2 heterocycles. The third kappa shape index (κ3) is 6.65. The monoisotopic (exact) mass is 610 g/mol. The summed E-state index contributed by atoms with van der Waals surface area (Å²) in [6.45, 7) is 0.277. The molecule has 0 aliphatic heterocycles. The fraction of sp³-hybridized carbons (Fsp3) is 0.143. The SMILES string of the molecule is O=C(C[n+]1ccc(CCc2cc[n+](CC(=O)c3cc(Br)ccc3O)cc2)cc1)c1cc(Br)ccc1O. The normalized spacial score (nSPS) is 10.8. The van der Waals surface area contributed by atoms with Crippen molar-refractivity contribution in [3.8, 4) is 11.5 Å². The number of benzene rings is 2. The number of aromatic nitrogens is 2. The van der Waals surface area contributed by atoms with E-state index in [-0.39, 0.29) is 47.3 Å². The molecule has 4 aromatic rings. The molecule has 2 aromatic carbocycles. The van der Waals surface area contributed by atoms with Crippen LogP contribution in [0.2, 0.25) is 0 Å². The molecule has 0 spiro atoms. The predicted octanol–water partition coefficient (Wildman–Crippen LogP) is 4.75. The molecule has 0 saturated heterocycles. The molecule has 8 heteroatoms. The van der Waals surface area contributed by atoms with Gasteiger partial charge in [-0.25, -0.2) is 0 Å². The number of phenolic OH excluding ortho intramolecular Hbond substituents is 2. The number of rotatable bonds is 9. The minimum absolute atomic E-state index is 0.0275. The van der Waals surface area contributed by atoms with Crippen molar-refractivity contribution in [2.45, 2.75) is 25.9 Å². The zero-order valence-corrected chi connectivity index (χ0v) is 22.4. The van der Waals surface area contributed by atoms with Gasteiger partial charge in [-0.2, -0.15) is 9.13 Å². The average molecular weight is 612 g/mol. The van der Waals surface area contributed by atoms with Crippen LogP contribution in [0.25, 0.3) is 0 Å². The lowest BCUT2D eigenvalue weighted by atomic mass is 10.1. The fourth-order valence-electron chi connectivity index (χ4n) is 3.77. The lowest BCUT2D eigenvalue weighted by molar-refractivity contribution is -0.683. The first-order chi connectivity index (χ1) is 17.3. The third-order valence-corrected chi connectivity index (χ3v) is 6.78. The summed E-state index contributed by atoms with van der Waals surface area (Å²) in [5, 5.41) is 19.9. The molecule has 2 N–H and O–H groups in total. The number of carbonyl (C=O) groups is 2. The Labute approximate surface area is 225 Å². The lowest BCUT2D eigenvalue weighted by Crippen LogP contribution is -2.37. The highest BCUT2D eigenvalue weighted by molar-refractivity contribution is 9.10. The first-order valence-electron chi connectivity index (χ1n) is 11.3. The van der Waals surface area contributed by atoms with E-state index in [1.165, 1.54) is 12.1 Å². The van der Waals surface area contributed by atoms with Crippen LogP contribution in [0.4, 0.5) is 0 Å². The standard InChI is InChI=1S/C28H22Br2N2O4/c29-21-3-5-25(33)23(15-21)27(35)17-31-11-7-19(8-12-31)1-2-20-9-13-32(14-10-20)18-28(36)24-16-22(30)4-6-26(24)34/h3-16H,1-2,17-18H2/p+2. The molecule has 6 nitrogen and oxygen atoms in total. The number of Topliss-reactive ketones (excluding diaryl/α,β-unsaturated/α-hetero) is 2. The Morgan fingerprint density at radius 2 is 0.972 bits per heavy atom. The molecule has 0 aliphatic carbocycles. The summed E-state index contributed by atoms with van der Waals surface area (Å²) in [7, 11) is 0. The summed E-state index contributed by atoms with van der Waals surface area (Å²) in [5.74, 6) is -0.393. The van der Waals surface area contributed by atoms with Crippen molar-refractivity contribution in [3.05, 3.63) is 117 Å². The van der Waals surface area contributed by atoms with Gasteiger partial charge in [-0.15, -0.1) is 0 Å². The molecule has 0 atom stereocenters. The number of carbonyl (C=O) groups excluding carboxylic acids is 2. The van der Waals surface area contributed by atoms with Crippen LogP contribution in [0, 0.1) is 0 Å². The number of ketones is 2. The number of hydrogen-bond acceptors (Lipinski definition) is 4. The van der Waals surface area contributed by atoms with E-state index in [0.29, 0.717) is 0 Å². The van der Waals surface area contributed by atoms with Crippen LogP contribution in [0.5, 0.6) is 11.5 Å². The summed E-state index contributed by atoms with van der Waals surface area (Å²) >= 11 is 6.66. The average Bonchev–Trinajstić information content (AvgIpc) is 2.87. The minimum Gasteiger partial charge on any atom is -0.507 e. The molecule has 0 bridgehead atoms. The van der Waals surface area contributed by atoms with E-state index in [4.69, 9.17) is 0 Å². The number of phenols is 2. The smallest absolute Gasteiger partial charge is 0.231 e. The Balaban J connectivity index is 1.31. The number of hydrogen-bond donors (Lipinski definition) is 2. The first-order valence-corrected chi connectivity index (χ1v) is 12.9. The van der Waals surface area contributed by atoms with Gasteiger partial charge in [0.1, 0.15) is 11.5 Å². The van der Waals surface area contributed by atoms with Crippen LogP contribution >= 0.6 is 31.9 Å². The number of halogens is 2. The number of aryl methyl sites for hydroxylation is 2. The second kappa shape index (κ2) is 11.6. The van der Waals surface area contributed by atoms with E-state index in [2.05, 4.69) is 31.9 Å². The third-order valence-electron chi connectivity index (χ3n) is 5.79. The van der Waals surface area contributed by atoms with Crippen molar-refractivity contribution in [2.75, 3.05) is 0 Å². The predicted molar refractivity (Wildman–Crippen MR) is 141 cm³/mol. The second-order valence-corrected chi connectivity index (χ2v) is 10.3. The van der Waals surface area contributed by atoms with Gasteiger partial charge in [-0.05, 0) is 60.4 Å². The van der Waals surface area contributed by atoms with Crippen LogP contribution < -0.4 is 9.13 Å². The van der Waals surface area contributed by atoms with Gasteiger partial charge in [0.25, 0.3) is 0 Å². The maximum atomic E-state index is 12.6. The summed E-state index contributed by atoms with van der Waals surface area (Å²) in [6, 6.07) is 17.6. The largest absolute Gasteiger partial charge is 0.507 e. The minimum atomic E-state index is -0.169. The Morgan fingerprint density at radius 3 is 1.33 bits per heavy atom. The van der Waals surface area contributed by atoms with Crippen LogP contribution in [0.1, 0.15) is 31.8 Å². The van der Waals surface area contributed by atoms with Crippen molar-refractivity contribution in [1.82, 2.24) is 0 Å². The van der Waals surface area contributed by atoms with E-state index in [1.807, 2.05) is 49.1 Å². The first kappa shape index (κ1) is 25.7. The number of pyridine rings is 2. The quantitative estimate of drug-likeness (QED) is 0.211. The zero-order valence-electron chi connectivity index (χ0n) is 19.3. The highest BCUT2D eigenvalue weighted by atomic mass is 79.9. The molecule has 2 aromatic heterocycles. The molecule has 36 heavy (non-hydrogen) atoms. The molecule has 0 fully saturated rings. The second-order valence-electron chi connectivity index (χ2n) is 8.43. The zero-order chi connectivity index (χ0) is 25.7. The van der Waals surface area contributed by atoms with Crippen LogP contribution in [0.15, 0.2) is 94.4 Å². The molecule has 4 rings (SSSR count). The van der Waals surface area contributed by atoms with Gasteiger partial charge in [0, 0.05) is 33.2 Å². The van der Waals surface area contributed by atoms with Gasteiger partial charge in [0.2, 0.25) is 24.7 Å². The van der Waals surface area contributed by atoms with Gasteiger partial charge in [0.15, 0.2) is 24.8 Å². The Kier molecular flexibility index (Phi) is 8.28. The van der Waals surface area contributed by atoms with Crippen LogP contribution in [-0.4, -0.2) is 21.8 Å². The Hall–Kier alpha value is -3.36. The summed E-state index contributed by atoms with van der Waals surface area (Å²) in [4.78, 5) is 25.1. The lowest BCUT2D eigenvalue weighted by Gasteiger charge is -2.04. The Morgan fingerprint density at radius 1 is 0.611 bits per heavy atom. The molecular weight excluding hydrogens is 588 g/mol. The number of nitrogens with zero attached hydrogens (tertiary/aromatic N) is 2. The highest BCUT2D eigenvalue weighted by Gasteiger charge is 2.18. The van der Waals surface area contributed by atoms with E-state index in [1.54, 1.807) is 33.4 Å². The maximum absolute atomic E-state index is 12.6. The molecule has 0 saturated carbocycles. The van der Waals surface area contributed by atoms with Crippen molar-refractivity contribution in [3.63, 3.8) is 0 Å². The summed E-state index contributed by atoms with van der Waals surface area (Å²) < 4.78 is 5.06. The topological polar surface area (TPSA) is 82.4 Å². The van der Waals surface area contributed by atoms with Gasteiger partial charge < -0.3 is 10.2 Å².